The van der Waals surface area contributed by atoms with Gasteiger partial charge in [-0.15, -0.1) is 0 Å². The molecule has 9 rings (SSSR count). The van der Waals surface area contributed by atoms with E-state index in [4.69, 9.17) is 4.99 Å². The summed E-state index contributed by atoms with van der Waals surface area (Å²) in [6.45, 7) is 2.21. The van der Waals surface area contributed by atoms with Crippen molar-refractivity contribution >= 4 is 11.5 Å². The molecule has 2 aliphatic carbocycles. The molecule has 0 N–H and O–H groups in total. The molecule has 0 amide bonds. The van der Waals surface area contributed by atoms with E-state index in [9.17, 15) is 0 Å². The molecule has 0 saturated carbocycles. The lowest BCUT2D eigenvalue weighted by atomic mass is 9.67. The van der Waals surface area contributed by atoms with Gasteiger partial charge in [-0.3, -0.25) is 0 Å². The first kappa shape index (κ1) is 24.6. The second-order valence-electron chi connectivity index (χ2n) is 12.3. The van der Waals surface area contributed by atoms with Crippen molar-refractivity contribution in [2.45, 2.75) is 37.6 Å². The van der Waals surface area contributed by atoms with Gasteiger partial charge in [-0.25, -0.2) is 4.99 Å². The number of para-hydroxylation sites is 1. The number of hydrogen-bond donors (Lipinski definition) is 0. The highest BCUT2D eigenvalue weighted by Gasteiger charge is 2.47. The Balaban J connectivity index is 1.33. The van der Waals surface area contributed by atoms with Crippen molar-refractivity contribution in [3.05, 3.63) is 184 Å². The predicted molar refractivity (Wildman–Crippen MR) is 177 cm³/mol. The Morgan fingerprint density at radius 3 is 2.16 bits per heavy atom. The zero-order chi connectivity index (χ0) is 28.5. The fourth-order valence-corrected chi connectivity index (χ4v) is 8.12. The first-order valence-corrected chi connectivity index (χ1v) is 15.5. The molecule has 1 unspecified atom stereocenters. The van der Waals surface area contributed by atoms with Crippen LogP contribution >= 0.6 is 0 Å². The molecule has 5 aromatic carbocycles. The summed E-state index contributed by atoms with van der Waals surface area (Å²) in [7, 11) is 0. The van der Waals surface area contributed by atoms with Gasteiger partial charge < -0.3 is 4.90 Å². The first-order valence-electron chi connectivity index (χ1n) is 15.5. The molecule has 4 aliphatic rings. The highest BCUT2D eigenvalue weighted by Crippen LogP contribution is 2.56. The van der Waals surface area contributed by atoms with Crippen molar-refractivity contribution in [3.8, 4) is 11.1 Å². The second-order valence-corrected chi connectivity index (χ2v) is 12.3. The molecule has 5 aromatic rings. The van der Waals surface area contributed by atoms with Crippen molar-refractivity contribution < 1.29 is 0 Å². The lowest BCUT2D eigenvalue weighted by molar-refractivity contribution is 0.753. The number of anilines is 1. The van der Waals surface area contributed by atoms with Gasteiger partial charge in [0.25, 0.3) is 0 Å². The van der Waals surface area contributed by atoms with Gasteiger partial charge in [-0.1, -0.05) is 127 Å². The number of benzene rings is 5. The molecule has 43 heavy (non-hydrogen) atoms. The van der Waals surface area contributed by atoms with E-state index in [-0.39, 0.29) is 6.04 Å². The van der Waals surface area contributed by atoms with Gasteiger partial charge in [0.05, 0.1) is 11.5 Å². The van der Waals surface area contributed by atoms with Gasteiger partial charge >= 0.3 is 0 Å². The number of nitrogens with zero attached hydrogens (tertiary/aromatic N) is 2. The third-order valence-electron chi connectivity index (χ3n) is 9.95. The quantitative estimate of drug-likeness (QED) is 0.214. The normalized spacial score (nSPS) is 18.9. The number of allylic oxidation sites excluding steroid dienone is 2. The van der Waals surface area contributed by atoms with Crippen molar-refractivity contribution in [2.75, 3.05) is 4.90 Å². The summed E-state index contributed by atoms with van der Waals surface area (Å²) in [5, 5.41) is 0. The molecule has 2 heterocycles. The van der Waals surface area contributed by atoms with Crippen LogP contribution in [0.1, 0.15) is 51.8 Å². The first-order chi connectivity index (χ1) is 21.2. The Kier molecular flexibility index (Phi) is 5.31. The van der Waals surface area contributed by atoms with Crippen LogP contribution in [0.5, 0.6) is 0 Å². The van der Waals surface area contributed by atoms with Gasteiger partial charge in [-0.05, 0) is 82.8 Å². The van der Waals surface area contributed by atoms with E-state index < -0.39 is 5.41 Å². The van der Waals surface area contributed by atoms with Crippen LogP contribution in [0.25, 0.3) is 11.1 Å². The third kappa shape index (κ3) is 3.44. The predicted octanol–water partition coefficient (Wildman–Crippen LogP) is 9.15. The topological polar surface area (TPSA) is 15.6 Å². The van der Waals surface area contributed by atoms with Gasteiger partial charge in [0, 0.05) is 16.9 Å². The number of rotatable bonds is 3. The Morgan fingerprint density at radius 2 is 1.40 bits per heavy atom. The summed E-state index contributed by atoms with van der Waals surface area (Å²) in [5.74, 6) is 1.08. The SMILES string of the molecule is Cc1ccc2c(c1)C(c1ccccc1)(c1ccccc1)c1cc(C3=NC4=C(C=CCC4)C4Cc5ccccc5N34)ccc1-2. The summed E-state index contributed by atoms with van der Waals surface area (Å²) in [4.78, 5) is 7.99. The monoisotopic (exact) mass is 552 g/mol. The molecule has 2 aliphatic heterocycles. The minimum atomic E-state index is -0.426. The summed E-state index contributed by atoms with van der Waals surface area (Å²) in [5.41, 5.74) is 15.3. The molecule has 2 nitrogen and oxygen atoms in total. The van der Waals surface area contributed by atoms with Crippen molar-refractivity contribution in [1.29, 1.82) is 0 Å². The Hall–Kier alpha value is -4.95. The molecule has 0 bridgehead atoms. The van der Waals surface area contributed by atoms with Gasteiger partial charge in [0.1, 0.15) is 5.84 Å². The number of aryl methyl sites for hydroxylation is 1. The van der Waals surface area contributed by atoms with Crippen LogP contribution in [0.3, 0.4) is 0 Å². The van der Waals surface area contributed by atoms with Crippen LogP contribution in [-0.4, -0.2) is 11.9 Å². The molecule has 0 aromatic heterocycles. The van der Waals surface area contributed by atoms with Crippen LogP contribution in [-0.2, 0) is 11.8 Å². The highest BCUT2D eigenvalue weighted by molar-refractivity contribution is 6.14. The molecule has 0 fully saturated rings. The van der Waals surface area contributed by atoms with Crippen LogP contribution in [0, 0.1) is 6.92 Å². The highest BCUT2D eigenvalue weighted by atomic mass is 15.3. The standard InChI is InChI=1S/C41H32N2/c1-27-20-22-32-33-23-21-29(40-42-37-18-10-9-17-34(37)39-26-28-12-8-11-19-38(28)43(39)40)25-36(33)41(35(32)24-27,30-13-4-2-5-14-30)31-15-6-3-7-16-31/h2-9,11-17,19-25,39H,10,18,26H2,1H3. The van der Waals surface area contributed by atoms with E-state index in [0.717, 1.165) is 25.1 Å². The van der Waals surface area contributed by atoms with E-state index >= 15 is 0 Å². The van der Waals surface area contributed by atoms with Crippen LogP contribution in [0.4, 0.5) is 5.69 Å². The fourth-order valence-electron chi connectivity index (χ4n) is 8.12. The maximum absolute atomic E-state index is 5.47. The van der Waals surface area contributed by atoms with E-state index in [0.29, 0.717) is 0 Å². The molecule has 0 radical (unpaired) electrons. The van der Waals surface area contributed by atoms with Crippen molar-refractivity contribution in [2.24, 2.45) is 4.99 Å². The fraction of sp³-hybridized carbons (Fsp3) is 0.146. The Labute approximate surface area is 253 Å². The average Bonchev–Trinajstić information content (AvgIpc) is 3.59. The Morgan fingerprint density at radius 1 is 0.721 bits per heavy atom. The summed E-state index contributed by atoms with van der Waals surface area (Å²) in [6, 6.07) is 45.5. The van der Waals surface area contributed by atoms with Crippen molar-refractivity contribution in [1.82, 2.24) is 0 Å². The zero-order valence-corrected chi connectivity index (χ0v) is 24.3. The van der Waals surface area contributed by atoms with Crippen LogP contribution in [0.2, 0.25) is 0 Å². The van der Waals surface area contributed by atoms with E-state index in [1.165, 1.54) is 67.0 Å². The summed E-state index contributed by atoms with van der Waals surface area (Å²) < 4.78 is 0. The summed E-state index contributed by atoms with van der Waals surface area (Å²) in [6.07, 6.45) is 7.73. The van der Waals surface area contributed by atoms with E-state index in [1.54, 1.807) is 0 Å². The third-order valence-corrected chi connectivity index (χ3v) is 9.95. The lowest BCUT2D eigenvalue weighted by Crippen LogP contribution is -2.42. The second kappa shape index (κ2) is 9.28. The van der Waals surface area contributed by atoms with Gasteiger partial charge in [-0.2, -0.15) is 0 Å². The lowest BCUT2D eigenvalue weighted by Gasteiger charge is -2.37. The van der Waals surface area contributed by atoms with Gasteiger partial charge in [0.15, 0.2) is 0 Å². The van der Waals surface area contributed by atoms with E-state index in [2.05, 4.69) is 145 Å². The molecular formula is C41H32N2. The molecule has 0 spiro atoms. The minimum Gasteiger partial charge on any atom is -0.318 e. The largest absolute Gasteiger partial charge is 0.318 e. The average molecular weight is 553 g/mol. The number of hydrogen-bond acceptors (Lipinski definition) is 2. The number of fused-ring (bicyclic) bond motifs is 7. The minimum absolute atomic E-state index is 0.289. The van der Waals surface area contributed by atoms with Crippen LogP contribution < -0.4 is 4.90 Å². The molecular weight excluding hydrogens is 520 g/mol. The molecule has 1 atom stereocenters. The summed E-state index contributed by atoms with van der Waals surface area (Å²) >= 11 is 0. The molecule has 0 saturated heterocycles. The molecule has 2 heteroatoms. The molecule has 206 valence electrons. The smallest absolute Gasteiger partial charge is 0.141 e. The number of amidine groups is 1. The Bertz CT molecular complexity index is 1970. The van der Waals surface area contributed by atoms with Gasteiger partial charge in [0.2, 0.25) is 0 Å². The zero-order valence-electron chi connectivity index (χ0n) is 24.3. The van der Waals surface area contributed by atoms with E-state index in [1.807, 2.05) is 0 Å². The van der Waals surface area contributed by atoms with Crippen LogP contribution in [0.15, 0.2) is 150 Å². The number of aliphatic imine (C=N–C) groups is 1. The maximum Gasteiger partial charge on any atom is 0.141 e. The maximum atomic E-state index is 5.47. The van der Waals surface area contributed by atoms with Crippen molar-refractivity contribution in [3.63, 3.8) is 0 Å².